The van der Waals surface area contributed by atoms with Crippen molar-refractivity contribution in [3.63, 3.8) is 0 Å². The summed E-state index contributed by atoms with van der Waals surface area (Å²) in [6.07, 6.45) is 4.43. The minimum atomic E-state index is -1.65. The van der Waals surface area contributed by atoms with Gasteiger partial charge in [-0.05, 0) is 25.4 Å². The van der Waals surface area contributed by atoms with Gasteiger partial charge in [-0.1, -0.05) is 0 Å². The first-order valence-electron chi connectivity index (χ1n) is 9.62. The molecule has 4 unspecified atom stereocenters. The predicted octanol–water partition coefficient (Wildman–Crippen LogP) is -1.93. The number of thioether (sulfide) groups is 1. The van der Waals surface area contributed by atoms with Crippen molar-refractivity contribution < 1.29 is 34.2 Å². The van der Waals surface area contributed by atoms with Crippen molar-refractivity contribution in [2.75, 3.05) is 12.0 Å². The van der Waals surface area contributed by atoms with E-state index in [2.05, 4.69) is 25.9 Å². The van der Waals surface area contributed by atoms with Gasteiger partial charge in [-0.2, -0.15) is 11.8 Å². The lowest BCUT2D eigenvalue weighted by Gasteiger charge is -2.23. The van der Waals surface area contributed by atoms with Crippen LogP contribution in [0.15, 0.2) is 12.5 Å². The molecule has 8 N–H and O–H groups in total. The first-order chi connectivity index (χ1) is 15.0. The van der Waals surface area contributed by atoms with Gasteiger partial charge in [0.1, 0.15) is 18.1 Å². The Hall–Kier alpha value is -3.13. The van der Waals surface area contributed by atoms with Crippen LogP contribution in [0.25, 0.3) is 0 Å². The first kappa shape index (κ1) is 26.9. The number of rotatable bonds is 14. The Kier molecular flexibility index (Phi) is 11.2. The van der Waals surface area contributed by atoms with Crippen molar-refractivity contribution in [1.29, 1.82) is 0 Å². The van der Waals surface area contributed by atoms with E-state index in [1.807, 2.05) is 6.26 Å². The van der Waals surface area contributed by atoms with Gasteiger partial charge in [-0.15, -0.1) is 0 Å². The van der Waals surface area contributed by atoms with Gasteiger partial charge >= 0.3 is 11.9 Å². The SMILES string of the molecule is CSCCC(NC(=O)C(N)Cc1cnc[nH]1)C(=O)NC(C)C(=O)NC(CC(=O)O)C(=O)O. The van der Waals surface area contributed by atoms with Crippen molar-refractivity contribution in [3.05, 3.63) is 18.2 Å². The minimum Gasteiger partial charge on any atom is -0.481 e. The molecule has 0 aliphatic heterocycles. The summed E-state index contributed by atoms with van der Waals surface area (Å²) in [6.45, 7) is 1.31. The van der Waals surface area contributed by atoms with E-state index in [-0.39, 0.29) is 12.8 Å². The number of imidazole rings is 1. The van der Waals surface area contributed by atoms with Crippen LogP contribution in [0, 0.1) is 0 Å². The third-order valence-electron chi connectivity index (χ3n) is 4.32. The van der Waals surface area contributed by atoms with Crippen LogP contribution in [-0.4, -0.2) is 86.0 Å². The molecule has 0 saturated carbocycles. The number of nitrogens with two attached hydrogens (primary N) is 1. The monoisotopic (exact) mass is 472 g/mol. The second-order valence-electron chi connectivity index (χ2n) is 6.96. The zero-order valence-electron chi connectivity index (χ0n) is 17.7. The average Bonchev–Trinajstić information content (AvgIpc) is 3.22. The lowest BCUT2D eigenvalue weighted by atomic mass is 10.1. The number of aliphatic carboxylic acids is 2. The van der Waals surface area contributed by atoms with Gasteiger partial charge in [0.15, 0.2) is 0 Å². The van der Waals surface area contributed by atoms with E-state index in [1.165, 1.54) is 31.2 Å². The molecule has 0 fully saturated rings. The van der Waals surface area contributed by atoms with Crippen LogP contribution in [0.5, 0.6) is 0 Å². The van der Waals surface area contributed by atoms with Crippen LogP contribution >= 0.6 is 11.8 Å². The summed E-state index contributed by atoms with van der Waals surface area (Å²) in [4.78, 5) is 65.8. The third-order valence-corrected chi connectivity index (χ3v) is 4.96. The van der Waals surface area contributed by atoms with Crippen LogP contribution in [0.2, 0.25) is 0 Å². The van der Waals surface area contributed by atoms with E-state index in [1.54, 1.807) is 0 Å². The molecular formula is C18H28N6O7S. The summed E-state index contributed by atoms with van der Waals surface area (Å²) in [7, 11) is 0. The molecule has 3 amide bonds. The van der Waals surface area contributed by atoms with E-state index in [0.29, 0.717) is 11.4 Å². The van der Waals surface area contributed by atoms with Gasteiger partial charge < -0.3 is 36.9 Å². The number of carboxylic acid groups (broad SMARTS) is 2. The van der Waals surface area contributed by atoms with Crippen LogP contribution in [-0.2, 0) is 30.4 Å². The maximum Gasteiger partial charge on any atom is 0.326 e. The molecule has 1 aromatic heterocycles. The summed E-state index contributed by atoms with van der Waals surface area (Å²) >= 11 is 1.45. The molecule has 1 aromatic rings. The van der Waals surface area contributed by atoms with E-state index >= 15 is 0 Å². The highest BCUT2D eigenvalue weighted by atomic mass is 32.2. The molecule has 14 heteroatoms. The van der Waals surface area contributed by atoms with Crippen LogP contribution in [0.4, 0.5) is 0 Å². The summed E-state index contributed by atoms with van der Waals surface area (Å²) in [5.74, 6) is -4.48. The number of aromatic amines is 1. The molecule has 0 radical (unpaired) electrons. The number of hydrogen-bond donors (Lipinski definition) is 7. The number of nitrogens with one attached hydrogen (secondary N) is 4. The van der Waals surface area contributed by atoms with Crippen molar-refractivity contribution in [1.82, 2.24) is 25.9 Å². The molecule has 178 valence electrons. The van der Waals surface area contributed by atoms with Crippen molar-refractivity contribution in [3.8, 4) is 0 Å². The van der Waals surface area contributed by atoms with Crippen molar-refractivity contribution in [2.45, 2.75) is 50.4 Å². The van der Waals surface area contributed by atoms with E-state index in [9.17, 15) is 24.0 Å². The molecule has 1 heterocycles. The Morgan fingerprint density at radius 3 is 2.28 bits per heavy atom. The molecule has 1 rings (SSSR count). The number of nitrogens with zero attached hydrogens (tertiary/aromatic N) is 1. The Balaban J connectivity index is 2.72. The van der Waals surface area contributed by atoms with E-state index in [0.717, 1.165) is 0 Å². The van der Waals surface area contributed by atoms with Gasteiger partial charge in [0.25, 0.3) is 0 Å². The molecule has 0 bridgehead atoms. The van der Waals surface area contributed by atoms with Crippen molar-refractivity contribution >= 4 is 41.4 Å². The van der Waals surface area contributed by atoms with Crippen LogP contribution in [0.3, 0.4) is 0 Å². The molecule has 4 atom stereocenters. The Morgan fingerprint density at radius 2 is 1.75 bits per heavy atom. The minimum absolute atomic E-state index is 0.182. The second kappa shape index (κ2) is 13.3. The molecule has 0 aliphatic carbocycles. The molecule has 0 aliphatic rings. The highest BCUT2D eigenvalue weighted by molar-refractivity contribution is 7.98. The lowest BCUT2D eigenvalue weighted by molar-refractivity contribution is -0.147. The Bertz CT molecular complexity index is 804. The fraction of sp³-hybridized carbons (Fsp3) is 0.556. The quantitative estimate of drug-likeness (QED) is 0.159. The van der Waals surface area contributed by atoms with Gasteiger partial charge in [0.05, 0.1) is 18.8 Å². The summed E-state index contributed by atoms with van der Waals surface area (Å²) < 4.78 is 0. The maximum atomic E-state index is 12.7. The number of aromatic nitrogens is 2. The third kappa shape index (κ3) is 9.34. The maximum absolute atomic E-state index is 12.7. The largest absolute Gasteiger partial charge is 0.481 e. The van der Waals surface area contributed by atoms with E-state index < -0.39 is 60.2 Å². The molecule has 0 saturated heterocycles. The fourth-order valence-corrected chi connectivity index (χ4v) is 3.03. The highest BCUT2D eigenvalue weighted by Crippen LogP contribution is 2.04. The number of carbonyl (C=O) groups is 5. The van der Waals surface area contributed by atoms with Crippen molar-refractivity contribution in [2.24, 2.45) is 5.73 Å². The molecule has 0 aromatic carbocycles. The first-order valence-corrected chi connectivity index (χ1v) is 11.0. The molecule has 32 heavy (non-hydrogen) atoms. The molecule has 0 spiro atoms. The summed E-state index contributed by atoms with van der Waals surface area (Å²) in [6, 6.07) is -4.74. The number of amides is 3. The zero-order chi connectivity index (χ0) is 24.3. The fourth-order valence-electron chi connectivity index (χ4n) is 2.56. The standard InChI is InChI=1S/C18H28N6O7S/c1-9(15(27)24-13(18(30)31)6-14(25)26)22-17(29)12(3-4-32-2)23-16(28)11(19)5-10-7-20-8-21-10/h7-9,11-13H,3-6,19H2,1-2H3,(H,20,21)(H,22,29)(H,23,28)(H,24,27)(H,25,26)(H,30,31). The highest BCUT2D eigenvalue weighted by Gasteiger charge is 2.29. The number of carbonyl (C=O) groups excluding carboxylic acids is 3. The Labute approximate surface area is 188 Å². The summed E-state index contributed by atoms with van der Waals surface area (Å²) in [5, 5.41) is 24.8. The van der Waals surface area contributed by atoms with E-state index in [4.69, 9.17) is 15.9 Å². The summed E-state index contributed by atoms with van der Waals surface area (Å²) in [5.41, 5.74) is 6.54. The number of carboxylic acids is 2. The van der Waals surface area contributed by atoms with Gasteiger partial charge in [0, 0.05) is 18.3 Å². The molecule has 13 nitrogen and oxygen atoms in total. The zero-order valence-corrected chi connectivity index (χ0v) is 18.5. The molecular weight excluding hydrogens is 444 g/mol. The topological polar surface area (TPSA) is 217 Å². The Morgan fingerprint density at radius 1 is 1.09 bits per heavy atom. The average molecular weight is 473 g/mol. The van der Waals surface area contributed by atoms with Gasteiger partial charge in [-0.25, -0.2) is 9.78 Å². The second-order valence-corrected chi connectivity index (χ2v) is 7.94. The normalized spacial score (nSPS) is 14.5. The smallest absolute Gasteiger partial charge is 0.326 e. The van der Waals surface area contributed by atoms with Crippen LogP contribution in [0.1, 0.15) is 25.5 Å². The van der Waals surface area contributed by atoms with Gasteiger partial charge in [0.2, 0.25) is 17.7 Å². The predicted molar refractivity (Wildman–Crippen MR) is 115 cm³/mol. The lowest BCUT2D eigenvalue weighted by Crippen LogP contribution is -2.56. The van der Waals surface area contributed by atoms with Crippen LogP contribution < -0.4 is 21.7 Å². The number of H-pyrrole nitrogens is 1. The van der Waals surface area contributed by atoms with Gasteiger partial charge in [-0.3, -0.25) is 19.2 Å². The number of hydrogen-bond acceptors (Lipinski definition) is 8.